The van der Waals surface area contributed by atoms with Crippen molar-refractivity contribution in [2.24, 2.45) is 5.92 Å². The maximum absolute atomic E-state index is 12.6. The minimum atomic E-state index is -0.300. The summed E-state index contributed by atoms with van der Waals surface area (Å²) in [5.74, 6) is 0.913. The molecule has 0 bridgehead atoms. The second kappa shape index (κ2) is 11.9. The fourth-order valence-electron chi connectivity index (χ4n) is 4.83. The first-order chi connectivity index (χ1) is 16.9. The van der Waals surface area contributed by atoms with E-state index in [-0.39, 0.29) is 30.6 Å². The van der Waals surface area contributed by atoms with Crippen LogP contribution in [0.25, 0.3) is 0 Å². The standard InChI is InChI=1S/C25H35ClFN7O/c1-16(2)29-24(35)20-4-3-5-22(20)32-23-21(26)14-28-25(33-23)31-18-8-6-17(7-9-18)30-19-10-12-34(15-19)13-11-27/h6-9,14,16,19-20,22,30H,3-5,10-13,15H2,1-2H3,(H,29,35)(H2,28,31,32,33)/t19-,20-,22+/m0/s1. The smallest absolute Gasteiger partial charge is 0.229 e. The van der Waals surface area contributed by atoms with Crippen LogP contribution in [-0.2, 0) is 4.79 Å². The van der Waals surface area contributed by atoms with Crippen LogP contribution in [0.15, 0.2) is 30.5 Å². The van der Waals surface area contributed by atoms with Crippen LogP contribution < -0.4 is 21.3 Å². The SMILES string of the molecule is CC(C)NC(=O)[C@H]1CCC[C@H]1Nc1nc(Nc2ccc(N[C@H]3CCN(CCF)C3)cc2)ncc1Cl. The van der Waals surface area contributed by atoms with Crippen LogP contribution in [0.3, 0.4) is 0 Å². The first-order valence-corrected chi connectivity index (χ1v) is 12.8. The largest absolute Gasteiger partial charge is 0.381 e. The summed E-state index contributed by atoms with van der Waals surface area (Å²) in [7, 11) is 0. The number of carbonyl (C=O) groups is 1. The Kier molecular flexibility index (Phi) is 8.62. The van der Waals surface area contributed by atoms with Gasteiger partial charge in [0.1, 0.15) is 11.7 Å². The lowest BCUT2D eigenvalue weighted by Gasteiger charge is -2.22. The zero-order chi connectivity index (χ0) is 24.8. The average Bonchev–Trinajstić information content (AvgIpc) is 3.47. The van der Waals surface area contributed by atoms with Gasteiger partial charge >= 0.3 is 0 Å². The van der Waals surface area contributed by atoms with Gasteiger partial charge in [0.05, 0.1) is 12.1 Å². The Morgan fingerprint density at radius 2 is 1.94 bits per heavy atom. The molecule has 1 saturated heterocycles. The van der Waals surface area contributed by atoms with Gasteiger partial charge in [-0.25, -0.2) is 9.37 Å². The average molecular weight is 504 g/mol. The van der Waals surface area contributed by atoms with Gasteiger partial charge in [-0.2, -0.15) is 4.98 Å². The lowest BCUT2D eigenvalue weighted by molar-refractivity contribution is -0.125. The fourth-order valence-corrected chi connectivity index (χ4v) is 4.98. The van der Waals surface area contributed by atoms with E-state index in [0.717, 1.165) is 50.1 Å². The van der Waals surface area contributed by atoms with Gasteiger partial charge in [0.15, 0.2) is 5.82 Å². The molecule has 1 aliphatic carbocycles. The number of benzene rings is 1. The number of nitrogens with zero attached hydrogens (tertiary/aromatic N) is 3. The maximum Gasteiger partial charge on any atom is 0.229 e. The zero-order valence-corrected chi connectivity index (χ0v) is 21.1. The second-order valence-corrected chi connectivity index (χ2v) is 10.1. The number of halogens is 2. The molecule has 4 rings (SSSR count). The minimum absolute atomic E-state index is 0.0178. The van der Waals surface area contributed by atoms with Crippen LogP contribution >= 0.6 is 11.6 Å². The summed E-state index contributed by atoms with van der Waals surface area (Å²) in [6.07, 6.45) is 5.29. The van der Waals surface area contributed by atoms with Crippen molar-refractivity contribution in [1.82, 2.24) is 20.2 Å². The summed E-state index contributed by atoms with van der Waals surface area (Å²) in [5, 5.41) is 13.6. The molecule has 2 fully saturated rings. The van der Waals surface area contributed by atoms with E-state index in [2.05, 4.69) is 36.1 Å². The normalized spacial score (nSPS) is 22.4. The number of alkyl halides is 1. The molecule has 2 aliphatic rings. The van der Waals surface area contributed by atoms with Gasteiger partial charge in [-0.15, -0.1) is 0 Å². The number of hydrogen-bond acceptors (Lipinski definition) is 7. The molecule has 2 heterocycles. The number of aromatic nitrogens is 2. The molecule has 4 N–H and O–H groups in total. The molecule has 1 amide bonds. The van der Waals surface area contributed by atoms with Crippen molar-refractivity contribution < 1.29 is 9.18 Å². The predicted molar refractivity (Wildman–Crippen MR) is 139 cm³/mol. The predicted octanol–water partition coefficient (Wildman–Crippen LogP) is 4.43. The number of nitrogens with one attached hydrogen (secondary N) is 4. The van der Waals surface area contributed by atoms with Gasteiger partial charge in [-0.1, -0.05) is 18.0 Å². The molecule has 190 valence electrons. The number of carbonyl (C=O) groups excluding carboxylic acids is 1. The van der Waals surface area contributed by atoms with Crippen molar-refractivity contribution in [3.63, 3.8) is 0 Å². The number of hydrogen-bond donors (Lipinski definition) is 4. The molecule has 1 aliphatic heterocycles. The van der Waals surface area contributed by atoms with Gasteiger partial charge < -0.3 is 21.3 Å². The van der Waals surface area contributed by atoms with Crippen LogP contribution in [0, 0.1) is 5.92 Å². The monoisotopic (exact) mass is 503 g/mol. The molecule has 0 spiro atoms. The number of anilines is 4. The van der Waals surface area contributed by atoms with E-state index in [4.69, 9.17) is 11.6 Å². The van der Waals surface area contributed by atoms with E-state index in [0.29, 0.717) is 29.4 Å². The summed E-state index contributed by atoms with van der Waals surface area (Å²) >= 11 is 6.37. The number of rotatable bonds is 10. The molecule has 1 aromatic carbocycles. The highest BCUT2D eigenvalue weighted by Crippen LogP contribution is 2.31. The molecular weight excluding hydrogens is 469 g/mol. The first kappa shape index (κ1) is 25.4. The van der Waals surface area contributed by atoms with Crippen LogP contribution in [0.5, 0.6) is 0 Å². The molecule has 0 unspecified atom stereocenters. The third-order valence-electron chi connectivity index (χ3n) is 6.53. The van der Waals surface area contributed by atoms with E-state index in [9.17, 15) is 9.18 Å². The number of likely N-dealkylation sites (tertiary alicyclic amines) is 1. The number of amides is 1. The van der Waals surface area contributed by atoms with Gasteiger partial charge in [0, 0.05) is 49.1 Å². The zero-order valence-electron chi connectivity index (χ0n) is 20.4. The minimum Gasteiger partial charge on any atom is -0.381 e. The Labute approximate surface area is 211 Å². The second-order valence-electron chi connectivity index (χ2n) is 9.66. The van der Waals surface area contributed by atoms with Crippen LogP contribution in [0.4, 0.5) is 27.5 Å². The van der Waals surface area contributed by atoms with Crippen molar-refractivity contribution >= 4 is 40.6 Å². The molecule has 0 radical (unpaired) electrons. The Morgan fingerprint density at radius 3 is 2.69 bits per heavy atom. The van der Waals surface area contributed by atoms with Gasteiger partial charge in [-0.3, -0.25) is 9.69 Å². The molecule has 1 saturated carbocycles. The summed E-state index contributed by atoms with van der Waals surface area (Å²) in [6, 6.07) is 8.36. The van der Waals surface area contributed by atoms with E-state index in [1.807, 2.05) is 38.1 Å². The molecule has 3 atom stereocenters. The van der Waals surface area contributed by atoms with Gasteiger partial charge in [0.25, 0.3) is 0 Å². The van der Waals surface area contributed by atoms with Crippen LogP contribution in [-0.4, -0.2) is 65.2 Å². The van der Waals surface area contributed by atoms with Gasteiger partial charge in [0.2, 0.25) is 11.9 Å². The quantitative estimate of drug-likeness (QED) is 0.381. The van der Waals surface area contributed by atoms with E-state index in [1.165, 1.54) is 0 Å². The van der Waals surface area contributed by atoms with Crippen molar-refractivity contribution in [2.45, 2.75) is 57.7 Å². The third kappa shape index (κ3) is 6.95. The molecule has 1 aromatic heterocycles. The lowest BCUT2D eigenvalue weighted by Crippen LogP contribution is -2.41. The molecule has 2 aromatic rings. The van der Waals surface area contributed by atoms with Crippen LogP contribution in [0.1, 0.15) is 39.5 Å². The summed E-state index contributed by atoms with van der Waals surface area (Å²) in [4.78, 5) is 23.6. The molecular formula is C25H35ClFN7O. The molecule has 35 heavy (non-hydrogen) atoms. The van der Waals surface area contributed by atoms with Crippen molar-refractivity contribution in [3.8, 4) is 0 Å². The molecule has 8 nitrogen and oxygen atoms in total. The summed E-state index contributed by atoms with van der Waals surface area (Å²) in [6.45, 7) is 5.93. The fraction of sp³-hybridized carbons (Fsp3) is 0.560. The lowest BCUT2D eigenvalue weighted by atomic mass is 10.0. The van der Waals surface area contributed by atoms with Gasteiger partial charge in [-0.05, 0) is 57.4 Å². The van der Waals surface area contributed by atoms with E-state index < -0.39 is 0 Å². The highest BCUT2D eigenvalue weighted by Gasteiger charge is 2.33. The summed E-state index contributed by atoms with van der Waals surface area (Å²) < 4.78 is 12.6. The highest BCUT2D eigenvalue weighted by atomic mass is 35.5. The Hall–Kier alpha value is -2.65. The van der Waals surface area contributed by atoms with Crippen molar-refractivity contribution in [2.75, 3.05) is 42.3 Å². The topological polar surface area (TPSA) is 94.2 Å². The highest BCUT2D eigenvalue weighted by molar-refractivity contribution is 6.32. The Morgan fingerprint density at radius 1 is 1.17 bits per heavy atom. The maximum atomic E-state index is 12.6. The first-order valence-electron chi connectivity index (χ1n) is 12.4. The van der Waals surface area contributed by atoms with E-state index in [1.54, 1.807) is 6.20 Å². The van der Waals surface area contributed by atoms with Crippen molar-refractivity contribution in [1.29, 1.82) is 0 Å². The Balaban J connectivity index is 1.35. The molecule has 10 heteroatoms. The third-order valence-corrected chi connectivity index (χ3v) is 6.81. The van der Waals surface area contributed by atoms with Crippen LogP contribution in [0.2, 0.25) is 5.02 Å². The van der Waals surface area contributed by atoms with Crippen molar-refractivity contribution in [3.05, 3.63) is 35.5 Å². The van der Waals surface area contributed by atoms with E-state index >= 15 is 0 Å². The Bertz CT molecular complexity index is 990. The summed E-state index contributed by atoms with van der Waals surface area (Å²) in [5.41, 5.74) is 1.87.